The smallest absolute Gasteiger partial charge is 0.168 e. The van der Waals surface area contributed by atoms with Gasteiger partial charge in [-0.2, -0.15) is 0 Å². The predicted molar refractivity (Wildman–Crippen MR) is 67.4 cm³/mol. The Labute approximate surface area is 98.6 Å². The molecule has 0 aliphatic carbocycles. The Morgan fingerprint density at radius 3 is 1.81 bits per heavy atom. The first kappa shape index (κ1) is 13.0. The molecule has 0 aromatic heterocycles. The summed E-state index contributed by atoms with van der Waals surface area (Å²) in [6.45, 7) is 4.12. The first-order valence-corrected chi connectivity index (χ1v) is 6.83. The van der Waals surface area contributed by atoms with Crippen LogP contribution in [0.4, 0.5) is 5.69 Å². The van der Waals surface area contributed by atoms with Gasteiger partial charge in [0, 0.05) is 5.69 Å². The average Bonchev–Trinajstić information content (AvgIpc) is 2.24. The van der Waals surface area contributed by atoms with Crippen molar-refractivity contribution >= 4 is 16.4 Å². The molecule has 0 fully saturated rings. The fourth-order valence-corrected chi connectivity index (χ4v) is 2.34. The third-order valence-corrected chi connectivity index (χ3v) is 3.27. The van der Waals surface area contributed by atoms with Crippen LogP contribution in [0.5, 0.6) is 0 Å². The molecule has 0 amide bonds. The van der Waals surface area contributed by atoms with Gasteiger partial charge in [0.05, 0.1) is 4.90 Å². The van der Waals surface area contributed by atoms with Crippen molar-refractivity contribution in [1.29, 1.82) is 0 Å². The molecule has 0 saturated carbocycles. The van der Waals surface area contributed by atoms with Crippen molar-refractivity contribution in [3.8, 4) is 0 Å². The van der Waals surface area contributed by atoms with Gasteiger partial charge in [-0.05, 0) is 36.1 Å². The molecule has 0 aliphatic heterocycles. The third-order valence-electron chi connectivity index (χ3n) is 2.59. The van der Waals surface area contributed by atoms with Gasteiger partial charge in [-0.15, -0.1) is 0 Å². The normalized spacial score (nSPS) is 10.9. The average molecular weight is 241 g/mol. The molecule has 90 valence electrons. The van der Waals surface area contributed by atoms with Gasteiger partial charge in [0.1, 0.15) is 0 Å². The Balaban J connectivity index is 3.26. The summed E-state index contributed by atoms with van der Waals surface area (Å²) in [5.74, 6) is 0. The minimum atomic E-state index is -2.52. The van der Waals surface area contributed by atoms with E-state index < -0.39 is 10.7 Å². The molecule has 0 atom stereocenters. The molecule has 0 heterocycles. The number of benzene rings is 1. The second-order valence-corrected chi connectivity index (χ2v) is 4.97. The highest BCUT2D eigenvalue weighted by Gasteiger charge is 2.08. The fraction of sp³-hybridized carbons (Fsp3) is 0.500. The topological polar surface area (TPSA) is 60.2 Å². The predicted octanol–water partition coefficient (Wildman–Crippen LogP) is 2.14. The maximum absolute atomic E-state index is 11.0. The van der Waals surface area contributed by atoms with Crippen LogP contribution < -0.4 is 5.73 Å². The zero-order valence-electron chi connectivity index (χ0n) is 9.82. The quantitative estimate of drug-likeness (QED) is 0.613. The standard InChI is InChI=1S/C12H19NO2S/c1-3-5-9-7-11(16(14)15)8-10(6-4-2)12(9)13/h7-8,16H,3-6,13H2,1-2H3. The van der Waals surface area contributed by atoms with Gasteiger partial charge >= 0.3 is 0 Å². The van der Waals surface area contributed by atoms with Crippen molar-refractivity contribution in [1.82, 2.24) is 0 Å². The van der Waals surface area contributed by atoms with Gasteiger partial charge in [0.25, 0.3) is 0 Å². The van der Waals surface area contributed by atoms with E-state index in [-0.39, 0.29) is 0 Å². The summed E-state index contributed by atoms with van der Waals surface area (Å²) < 4.78 is 22.0. The minimum Gasteiger partial charge on any atom is -0.398 e. The van der Waals surface area contributed by atoms with Crippen LogP contribution in [-0.2, 0) is 23.5 Å². The molecule has 1 rings (SSSR count). The summed E-state index contributed by atoms with van der Waals surface area (Å²) in [6, 6.07) is 3.40. The van der Waals surface area contributed by atoms with Gasteiger partial charge < -0.3 is 5.73 Å². The van der Waals surface area contributed by atoms with E-state index in [1.54, 1.807) is 12.1 Å². The molecular weight excluding hydrogens is 222 g/mol. The van der Waals surface area contributed by atoms with Gasteiger partial charge in [-0.3, -0.25) is 0 Å². The number of nitrogen functional groups attached to an aromatic ring is 1. The van der Waals surface area contributed by atoms with Crippen molar-refractivity contribution in [3.63, 3.8) is 0 Å². The summed E-state index contributed by atoms with van der Waals surface area (Å²) in [4.78, 5) is 0.385. The highest BCUT2D eigenvalue weighted by Crippen LogP contribution is 2.23. The maximum Gasteiger partial charge on any atom is 0.168 e. The van der Waals surface area contributed by atoms with E-state index in [2.05, 4.69) is 13.8 Å². The van der Waals surface area contributed by atoms with Crippen LogP contribution in [0, 0.1) is 0 Å². The van der Waals surface area contributed by atoms with E-state index in [0.717, 1.165) is 42.5 Å². The zero-order chi connectivity index (χ0) is 12.1. The summed E-state index contributed by atoms with van der Waals surface area (Å²) >= 11 is 0. The van der Waals surface area contributed by atoms with Crippen molar-refractivity contribution in [2.45, 2.75) is 44.4 Å². The van der Waals surface area contributed by atoms with Crippen LogP contribution in [0.3, 0.4) is 0 Å². The number of rotatable bonds is 5. The van der Waals surface area contributed by atoms with Crippen molar-refractivity contribution in [2.24, 2.45) is 0 Å². The zero-order valence-corrected chi connectivity index (χ0v) is 10.7. The molecule has 0 bridgehead atoms. The number of aryl methyl sites for hydroxylation is 2. The molecule has 16 heavy (non-hydrogen) atoms. The van der Waals surface area contributed by atoms with E-state index in [0.29, 0.717) is 4.90 Å². The Bertz CT molecular complexity index is 404. The molecule has 0 unspecified atom stereocenters. The molecular formula is C12H19NO2S. The van der Waals surface area contributed by atoms with E-state index in [1.807, 2.05) is 0 Å². The molecule has 2 N–H and O–H groups in total. The lowest BCUT2D eigenvalue weighted by Gasteiger charge is -2.11. The molecule has 0 aliphatic rings. The van der Waals surface area contributed by atoms with Crippen LogP contribution in [0.25, 0.3) is 0 Å². The molecule has 0 saturated heterocycles. The minimum absolute atomic E-state index is 0.385. The lowest BCUT2D eigenvalue weighted by atomic mass is 10.0. The van der Waals surface area contributed by atoms with Gasteiger partial charge in [0.2, 0.25) is 0 Å². The summed E-state index contributed by atoms with van der Waals surface area (Å²) in [7, 11) is -2.52. The van der Waals surface area contributed by atoms with E-state index in [9.17, 15) is 8.42 Å². The SMILES string of the molecule is CCCc1cc([SH](=O)=O)cc(CCC)c1N. The Morgan fingerprint density at radius 1 is 1.06 bits per heavy atom. The van der Waals surface area contributed by atoms with Crippen LogP contribution in [0.2, 0.25) is 0 Å². The first-order valence-electron chi connectivity index (χ1n) is 5.65. The lowest BCUT2D eigenvalue weighted by molar-refractivity contribution is 0.614. The van der Waals surface area contributed by atoms with Crippen LogP contribution in [0.1, 0.15) is 37.8 Å². The van der Waals surface area contributed by atoms with Crippen LogP contribution >= 0.6 is 0 Å². The molecule has 3 nitrogen and oxygen atoms in total. The van der Waals surface area contributed by atoms with Crippen LogP contribution in [-0.4, -0.2) is 8.42 Å². The summed E-state index contributed by atoms with van der Waals surface area (Å²) in [5.41, 5.74) is 8.72. The van der Waals surface area contributed by atoms with Crippen LogP contribution in [0.15, 0.2) is 17.0 Å². The number of hydrogen-bond acceptors (Lipinski definition) is 3. The molecule has 1 aromatic rings. The number of hydrogen-bond donors (Lipinski definition) is 2. The summed E-state index contributed by atoms with van der Waals surface area (Å²) in [5, 5.41) is 0. The Morgan fingerprint density at radius 2 is 1.50 bits per heavy atom. The lowest BCUT2D eigenvalue weighted by Crippen LogP contribution is -2.02. The highest BCUT2D eigenvalue weighted by molar-refractivity contribution is 7.72. The first-order chi connectivity index (χ1) is 7.60. The molecule has 1 aromatic carbocycles. The second-order valence-electron chi connectivity index (χ2n) is 3.93. The fourth-order valence-electron chi connectivity index (χ4n) is 1.82. The van der Waals surface area contributed by atoms with Gasteiger partial charge in [-0.25, -0.2) is 8.42 Å². The molecule has 0 spiro atoms. The Hall–Kier alpha value is -1.03. The van der Waals surface area contributed by atoms with Crippen molar-refractivity contribution in [3.05, 3.63) is 23.3 Å². The van der Waals surface area contributed by atoms with Crippen molar-refractivity contribution < 1.29 is 8.42 Å². The van der Waals surface area contributed by atoms with Gasteiger partial charge in [-0.1, -0.05) is 26.7 Å². The van der Waals surface area contributed by atoms with E-state index in [1.165, 1.54) is 0 Å². The number of thiol groups is 1. The second kappa shape index (κ2) is 5.89. The van der Waals surface area contributed by atoms with E-state index in [4.69, 9.17) is 5.73 Å². The maximum atomic E-state index is 11.0. The molecule has 4 heteroatoms. The summed E-state index contributed by atoms with van der Waals surface area (Å²) in [6.07, 6.45) is 3.60. The Kier molecular flexibility index (Phi) is 4.80. The monoisotopic (exact) mass is 241 g/mol. The third kappa shape index (κ3) is 2.98. The van der Waals surface area contributed by atoms with E-state index >= 15 is 0 Å². The van der Waals surface area contributed by atoms with Gasteiger partial charge in [0.15, 0.2) is 10.7 Å². The number of nitrogens with two attached hydrogens (primary N) is 1. The number of anilines is 1. The largest absolute Gasteiger partial charge is 0.398 e. The molecule has 0 radical (unpaired) electrons. The highest BCUT2D eigenvalue weighted by atomic mass is 32.2. The van der Waals surface area contributed by atoms with Crippen molar-refractivity contribution in [2.75, 3.05) is 5.73 Å².